The van der Waals surface area contributed by atoms with Crippen molar-refractivity contribution in [2.75, 3.05) is 5.32 Å². The van der Waals surface area contributed by atoms with Crippen LogP contribution < -0.4 is 5.32 Å². The Morgan fingerprint density at radius 1 is 1.21 bits per heavy atom. The van der Waals surface area contributed by atoms with Crippen LogP contribution in [0, 0.1) is 12.7 Å². The highest BCUT2D eigenvalue weighted by atomic mass is 79.9. The molecule has 2 aromatic rings. The topological polar surface area (TPSA) is 29.1 Å². The molecule has 0 fully saturated rings. The number of nitrogens with one attached hydrogen (secondary N) is 1. The molecular weight excluding hydrogens is 377 g/mol. The van der Waals surface area contributed by atoms with E-state index in [0.717, 1.165) is 10.0 Å². The maximum absolute atomic E-state index is 13.4. The van der Waals surface area contributed by atoms with Gasteiger partial charge in [-0.05, 0) is 68.6 Å². The molecule has 2 aromatic carbocycles. The number of rotatable bonds is 2. The summed E-state index contributed by atoms with van der Waals surface area (Å²) in [5.41, 5.74) is 1.94. The molecule has 1 N–H and O–H groups in total. The number of carbonyl (C=O) groups excluding carboxylic acids is 1. The van der Waals surface area contributed by atoms with E-state index in [1.54, 1.807) is 6.07 Å². The van der Waals surface area contributed by atoms with Crippen LogP contribution in [-0.4, -0.2) is 5.91 Å². The Bertz CT molecular complexity index is 643. The number of hydrogen-bond donors (Lipinski definition) is 1. The van der Waals surface area contributed by atoms with Crippen molar-refractivity contribution in [1.29, 1.82) is 0 Å². The zero-order chi connectivity index (χ0) is 14.0. The van der Waals surface area contributed by atoms with E-state index < -0.39 is 5.82 Å². The van der Waals surface area contributed by atoms with E-state index in [0.29, 0.717) is 5.69 Å². The average Bonchev–Trinajstić information content (AvgIpc) is 2.37. The van der Waals surface area contributed by atoms with Gasteiger partial charge < -0.3 is 5.32 Å². The lowest BCUT2D eigenvalue weighted by molar-refractivity contribution is 0.102. The predicted molar refractivity (Wildman–Crippen MR) is 80.9 cm³/mol. The molecular formula is C14H10Br2FNO. The smallest absolute Gasteiger partial charge is 0.256 e. The molecule has 2 rings (SSSR count). The molecule has 0 heterocycles. The summed E-state index contributed by atoms with van der Waals surface area (Å²) in [7, 11) is 0. The summed E-state index contributed by atoms with van der Waals surface area (Å²) in [6, 6.07) is 9.98. The highest BCUT2D eigenvalue weighted by Gasteiger charge is 2.14. The first-order valence-electron chi connectivity index (χ1n) is 5.50. The molecule has 2 nitrogen and oxygen atoms in total. The minimum absolute atomic E-state index is 0.163. The van der Waals surface area contributed by atoms with Gasteiger partial charge in [0, 0.05) is 4.47 Å². The summed E-state index contributed by atoms with van der Waals surface area (Å²) in [5.74, 6) is -0.825. The standard InChI is InChI=1S/C14H10Br2FNO/c1-8-5-6-10(15)12(7-8)18-14(19)9-3-2-4-11(17)13(9)16/h2-7H,1H3,(H,18,19). The highest BCUT2D eigenvalue weighted by molar-refractivity contribution is 9.11. The molecule has 0 aliphatic carbocycles. The van der Waals surface area contributed by atoms with Gasteiger partial charge in [0.1, 0.15) is 5.82 Å². The first kappa shape index (κ1) is 14.2. The fourth-order valence-corrected chi connectivity index (χ4v) is 2.39. The molecule has 5 heteroatoms. The number of anilines is 1. The number of amides is 1. The van der Waals surface area contributed by atoms with Gasteiger partial charge >= 0.3 is 0 Å². The Morgan fingerprint density at radius 2 is 1.95 bits per heavy atom. The van der Waals surface area contributed by atoms with Gasteiger partial charge in [0.05, 0.1) is 15.7 Å². The van der Waals surface area contributed by atoms with E-state index in [4.69, 9.17) is 0 Å². The average molecular weight is 387 g/mol. The number of halogens is 3. The van der Waals surface area contributed by atoms with Crippen LogP contribution >= 0.6 is 31.9 Å². The van der Waals surface area contributed by atoms with Crippen LogP contribution in [0.3, 0.4) is 0 Å². The van der Waals surface area contributed by atoms with Gasteiger partial charge in [-0.3, -0.25) is 4.79 Å². The maximum Gasteiger partial charge on any atom is 0.256 e. The van der Waals surface area contributed by atoms with Crippen LogP contribution in [0.25, 0.3) is 0 Å². The fourth-order valence-electron chi connectivity index (χ4n) is 1.60. The molecule has 0 bridgehead atoms. The number of aryl methyl sites for hydroxylation is 1. The summed E-state index contributed by atoms with van der Waals surface area (Å²) in [4.78, 5) is 12.1. The molecule has 0 unspecified atom stereocenters. The molecule has 0 spiro atoms. The molecule has 98 valence electrons. The van der Waals surface area contributed by atoms with Gasteiger partial charge in [-0.1, -0.05) is 12.1 Å². The number of benzene rings is 2. The summed E-state index contributed by atoms with van der Waals surface area (Å²) in [6.45, 7) is 1.93. The fraction of sp³-hybridized carbons (Fsp3) is 0.0714. The molecule has 0 saturated heterocycles. The van der Waals surface area contributed by atoms with E-state index >= 15 is 0 Å². The van der Waals surface area contributed by atoms with Gasteiger partial charge in [-0.25, -0.2) is 4.39 Å². The van der Waals surface area contributed by atoms with Gasteiger partial charge in [0.15, 0.2) is 0 Å². The van der Waals surface area contributed by atoms with E-state index in [9.17, 15) is 9.18 Å². The van der Waals surface area contributed by atoms with Crippen LogP contribution in [0.4, 0.5) is 10.1 Å². The Kier molecular flexibility index (Phi) is 4.37. The van der Waals surface area contributed by atoms with Crippen molar-refractivity contribution < 1.29 is 9.18 Å². The minimum Gasteiger partial charge on any atom is -0.321 e. The first-order valence-corrected chi connectivity index (χ1v) is 7.09. The number of carbonyl (C=O) groups is 1. The van der Waals surface area contributed by atoms with Crippen molar-refractivity contribution in [2.45, 2.75) is 6.92 Å². The monoisotopic (exact) mass is 385 g/mol. The molecule has 0 atom stereocenters. The van der Waals surface area contributed by atoms with Crippen LogP contribution in [0.2, 0.25) is 0 Å². The summed E-state index contributed by atoms with van der Waals surface area (Å²) < 4.78 is 14.3. The first-order chi connectivity index (χ1) is 8.99. The van der Waals surface area contributed by atoms with E-state index in [-0.39, 0.29) is 15.9 Å². The Labute approximate surface area is 127 Å². The van der Waals surface area contributed by atoms with Crippen molar-refractivity contribution in [3.63, 3.8) is 0 Å². The third-order valence-electron chi connectivity index (χ3n) is 2.57. The predicted octanol–water partition coefficient (Wildman–Crippen LogP) is 4.91. The Morgan fingerprint density at radius 3 is 2.68 bits per heavy atom. The van der Waals surface area contributed by atoms with Gasteiger partial charge in [-0.15, -0.1) is 0 Å². The minimum atomic E-state index is -0.462. The van der Waals surface area contributed by atoms with Crippen molar-refractivity contribution in [3.8, 4) is 0 Å². The van der Waals surface area contributed by atoms with Crippen molar-refractivity contribution in [2.24, 2.45) is 0 Å². The largest absolute Gasteiger partial charge is 0.321 e. The molecule has 0 radical (unpaired) electrons. The quantitative estimate of drug-likeness (QED) is 0.780. The Balaban J connectivity index is 2.31. The van der Waals surface area contributed by atoms with Gasteiger partial charge in [0.2, 0.25) is 0 Å². The number of hydrogen-bond acceptors (Lipinski definition) is 1. The van der Waals surface area contributed by atoms with Crippen LogP contribution in [0.15, 0.2) is 45.3 Å². The Hall–Kier alpha value is -1.20. The summed E-state index contributed by atoms with van der Waals surface area (Å²) in [5, 5.41) is 2.75. The van der Waals surface area contributed by atoms with Crippen LogP contribution in [-0.2, 0) is 0 Å². The molecule has 0 aliphatic heterocycles. The molecule has 19 heavy (non-hydrogen) atoms. The van der Waals surface area contributed by atoms with Crippen molar-refractivity contribution in [3.05, 3.63) is 62.3 Å². The second kappa shape index (κ2) is 5.84. The van der Waals surface area contributed by atoms with Crippen molar-refractivity contribution >= 4 is 43.5 Å². The SMILES string of the molecule is Cc1ccc(Br)c(NC(=O)c2cccc(F)c2Br)c1. The zero-order valence-electron chi connectivity index (χ0n) is 10.0. The molecule has 0 saturated carbocycles. The van der Waals surface area contributed by atoms with Gasteiger partial charge in [-0.2, -0.15) is 0 Å². The lowest BCUT2D eigenvalue weighted by Crippen LogP contribution is -2.13. The summed E-state index contributed by atoms with van der Waals surface area (Å²) in [6.07, 6.45) is 0. The molecule has 0 aliphatic rings. The zero-order valence-corrected chi connectivity index (χ0v) is 13.2. The molecule has 1 amide bonds. The normalized spacial score (nSPS) is 10.3. The van der Waals surface area contributed by atoms with E-state index in [2.05, 4.69) is 37.2 Å². The second-order valence-corrected chi connectivity index (χ2v) is 5.69. The van der Waals surface area contributed by atoms with Crippen molar-refractivity contribution in [1.82, 2.24) is 0 Å². The van der Waals surface area contributed by atoms with Gasteiger partial charge in [0.25, 0.3) is 5.91 Å². The molecule has 0 aromatic heterocycles. The third-order valence-corrected chi connectivity index (χ3v) is 4.06. The maximum atomic E-state index is 13.4. The lowest BCUT2D eigenvalue weighted by Gasteiger charge is -2.09. The van der Waals surface area contributed by atoms with E-state index in [1.807, 2.05) is 25.1 Å². The van der Waals surface area contributed by atoms with E-state index in [1.165, 1.54) is 12.1 Å². The second-order valence-electron chi connectivity index (χ2n) is 4.04. The lowest BCUT2D eigenvalue weighted by atomic mass is 10.2. The summed E-state index contributed by atoms with van der Waals surface area (Å²) >= 11 is 6.44. The van der Waals surface area contributed by atoms with Crippen LogP contribution in [0.5, 0.6) is 0 Å². The third kappa shape index (κ3) is 3.22. The van der Waals surface area contributed by atoms with Crippen LogP contribution in [0.1, 0.15) is 15.9 Å². The highest BCUT2D eigenvalue weighted by Crippen LogP contribution is 2.26.